The summed E-state index contributed by atoms with van der Waals surface area (Å²) in [4.78, 5) is 25.7. The Hall–Kier alpha value is -1.85. The first-order chi connectivity index (χ1) is 9.03. The number of carboxylic acids is 1. The van der Waals surface area contributed by atoms with Crippen LogP contribution < -0.4 is 0 Å². The second-order valence-corrected chi connectivity index (χ2v) is 4.99. The van der Waals surface area contributed by atoms with Crippen LogP contribution in [0.2, 0.25) is 0 Å². The van der Waals surface area contributed by atoms with Crippen LogP contribution in [0.4, 0.5) is 0 Å². The van der Waals surface area contributed by atoms with Gasteiger partial charge in [-0.2, -0.15) is 5.10 Å². The van der Waals surface area contributed by atoms with Gasteiger partial charge >= 0.3 is 5.97 Å². The summed E-state index contributed by atoms with van der Waals surface area (Å²) < 4.78 is 1.49. The molecular formula is C13H19N3O3. The van der Waals surface area contributed by atoms with Gasteiger partial charge in [-0.25, -0.2) is 4.79 Å². The highest BCUT2D eigenvalue weighted by Crippen LogP contribution is 2.35. The van der Waals surface area contributed by atoms with E-state index in [1.807, 2.05) is 6.92 Å². The number of rotatable bonds is 4. The molecule has 104 valence electrons. The van der Waals surface area contributed by atoms with Crippen molar-refractivity contribution in [2.24, 2.45) is 7.05 Å². The first kappa shape index (κ1) is 13.6. The van der Waals surface area contributed by atoms with Gasteiger partial charge in [-0.05, 0) is 25.3 Å². The number of hydrogen-bond acceptors (Lipinski definition) is 3. The van der Waals surface area contributed by atoms with E-state index < -0.39 is 11.5 Å². The number of aromatic nitrogens is 2. The summed E-state index contributed by atoms with van der Waals surface area (Å²) in [5.74, 6) is -1.14. The minimum Gasteiger partial charge on any atom is -0.479 e. The molecule has 1 amide bonds. The van der Waals surface area contributed by atoms with Gasteiger partial charge in [-0.3, -0.25) is 9.48 Å². The largest absolute Gasteiger partial charge is 0.479 e. The fraction of sp³-hybridized carbons (Fsp3) is 0.615. The van der Waals surface area contributed by atoms with Crippen molar-refractivity contribution in [3.63, 3.8) is 0 Å². The van der Waals surface area contributed by atoms with Crippen LogP contribution in [0.25, 0.3) is 0 Å². The van der Waals surface area contributed by atoms with Crippen molar-refractivity contribution >= 4 is 11.9 Å². The molecule has 2 heterocycles. The SMILES string of the molecule is CCCC1(C(=O)O)CCCN1C(=O)c1ccnn1C. The summed E-state index contributed by atoms with van der Waals surface area (Å²) in [5, 5.41) is 13.5. The molecule has 0 saturated carbocycles. The molecule has 6 heteroatoms. The third-order valence-electron chi connectivity index (χ3n) is 3.84. The Kier molecular flexibility index (Phi) is 3.59. The average molecular weight is 265 g/mol. The zero-order chi connectivity index (χ0) is 14.0. The van der Waals surface area contributed by atoms with Gasteiger partial charge in [0.15, 0.2) is 0 Å². The Labute approximate surface area is 112 Å². The van der Waals surface area contributed by atoms with Crippen LogP contribution in [0, 0.1) is 0 Å². The van der Waals surface area contributed by atoms with Crippen molar-refractivity contribution in [1.29, 1.82) is 0 Å². The molecule has 1 fully saturated rings. The number of aliphatic carboxylic acids is 1. The van der Waals surface area contributed by atoms with Crippen LogP contribution >= 0.6 is 0 Å². The zero-order valence-electron chi connectivity index (χ0n) is 11.3. The van der Waals surface area contributed by atoms with E-state index in [0.29, 0.717) is 25.1 Å². The number of likely N-dealkylation sites (tertiary alicyclic amines) is 1. The first-order valence-corrected chi connectivity index (χ1v) is 6.56. The monoisotopic (exact) mass is 265 g/mol. The molecule has 1 atom stereocenters. The van der Waals surface area contributed by atoms with Crippen molar-refractivity contribution in [3.05, 3.63) is 18.0 Å². The molecule has 0 aromatic carbocycles. The lowest BCUT2D eigenvalue weighted by Gasteiger charge is -2.34. The number of carbonyl (C=O) groups is 2. The highest BCUT2D eigenvalue weighted by Gasteiger charge is 2.49. The normalized spacial score (nSPS) is 22.7. The molecule has 0 aliphatic carbocycles. The smallest absolute Gasteiger partial charge is 0.329 e. The lowest BCUT2D eigenvalue weighted by Crippen LogP contribution is -2.53. The lowest BCUT2D eigenvalue weighted by atomic mass is 9.90. The van der Waals surface area contributed by atoms with Gasteiger partial charge < -0.3 is 10.0 Å². The van der Waals surface area contributed by atoms with Crippen molar-refractivity contribution in [2.45, 2.75) is 38.1 Å². The van der Waals surface area contributed by atoms with E-state index in [4.69, 9.17) is 0 Å². The Morgan fingerprint density at radius 2 is 2.26 bits per heavy atom. The number of carboxylic acid groups (broad SMARTS) is 1. The summed E-state index contributed by atoms with van der Waals surface area (Å²) in [6.45, 7) is 2.44. The number of hydrogen-bond donors (Lipinski definition) is 1. The van der Waals surface area contributed by atoms with E-state index in [0.717, 1.165) is 12.8 Å². The standard InChI is InChI=1S/C13H19N3O3/c1-3-6-13(12(18)19)7-4-9-16(13)11(17)10-5-8-14-15(10)2/h5,8H,3-4,6-7,9H2,1-2H3,(H,18,19). The Morgan fingerprint density at radius 3 is 2.79 bits per heavy atom. The van der Waals surface area contributed by atoms with Crippen LogP contribution in [0.5, 0.6) is 0 Å². The Morgan fingerprint density at radius 1 is 1.53 bits per heavy atom. The zero-order valence-corrected chi connectivity index (χ0v) is 11.3. The third kappa shape index (κ3) is 2.11. The third-order valence-corrected chi connectivity index (χ3v) is 3.84. The van der Waals surface area contributed by atoms with Crippen molar-refractivity contribution in [3.8, 4) is 0 Å². The minimum atomic E-state index is -1.05. The molecule has 1 aromatic rings. The average Bonchev–Trinajstić information content (AvgIpc) is 2.96. The van der Waals surface area contributed by atoms with Crippen LogP contribution in [-0.2, 0) is 11.8 Å². The predicted molar refractivity (Wildman–Crippen MR) is 68.8 cm³/mol. The van der Waals surface area contributed by atoms with Gasteiger partial charge in [-0.1, -0.05) is 13.3 Å². The van der Waals surface area contributed by atoms with Gasteiger partial charge in [0.05, 0.1) is 0 Å². The van der Waals surface area contributed by atoms with E-state index in [9.17, 15) is 14.7 Å². The maximum atomic E-state index is 12.5. The van der Waals surface area contributed by atoms with Crippen LogP contribution in [0.1, 0.15) is 43.1 Å². The molecule has 2 rings (SSSR count). The second kappa shape index (κ2) is 5.03. The van der Waals surface area contributed by atoms with E-state index in [1.54, 1.807) is 19.3 Å². The summed E-state index contributed by atoms with van der Waals surface area (Å²) in [5.41, 5.74) is -0.612. The number of carbonyl (C=O) groups excluding carboxylic acids is 1. The maximum Gasteiger partial charge on any atom is 0.329 e. The van der Waals surface area contributed by atoms with E-state index in [-0.39, 0.29) is 5.91 Å². The lowest BCUT2D eigenvalue weighted by molar-refractivity contribution is -0.148. The van der Waals surface area contributed by atoms with Crippen molar-refractivity contribution in [2.75, 3.05) is 6.54 Å². The minimum absolute atomic E-state index is 0.242. The molecule has 1 unspecified atom stereocenters. The fourth-order valence-corrected chi connectivity index (χ4v) is 2.90. The molecule has 0 bridgehead atoms. The molecule has 1 aliphatic heterocycles. The highest BCUT2D eigenvalue weighted by atomic mass is 16.4. The summed E-state index contributed by atoms with van der Waals surface area (Å²) >= 11 is 0. The number of aryl methyl sites for hydroxylation is 1. The second-order valence-electron chi connectivity index (χ2n) is 4.99. The number of amides is 1. The van der Waals surface area contributed by atoms with E-state index in [1.165, 1.54) is 9.58 Å². The molecule has 0 spiro atoms. The van der Waals surface area contributed by atoms with Crippen LogP contribution in [0.3, 0.4) is 0 Å². The molecular weight excluding hydrogens is 246 g/mol. The summed E-state index contributed by atoms with van der Waals surface area (Å²) in [6, 6.07) is 1.62. The quantitative estimate of drug-likeness (QED) is 0.889. The Bertz CT molecular complexity index is 497. The number of nitrogens with zero attached hydrogens (tertiary/aromatic N) is 3. The fourth-order valence-electron chi connectivity index (χ4n) is 2.90. The first-order valence-electron chi connectivity index (χ1n) is 6.56. The molecule has 0 radical (unpaired) electrons. The summed E-state index contributed by atoms with van der Waals surface area (Å²) in [6.07, 6.45) is 4.04. The molecule has 6 nitrogen and oxygen atoms in total. The predicted octanol–water partition coefficient (Wildman–Crippen LogP) is 1.28. The Balaban J connectivity index is 2.35. The molecule has 1 saturated heterocycles. The molecule has 1 aromatic heterocycles. The van der Waals surface area contributed by atoms with Gasteiger partial charge in [0, 0.05) is 19.8 Å². The molecule has 1 N–H and O–H groups in total. The highest BCUT2D eigenvalue weighted by molar-refractivity contribution is 5.97. The molecule has 19 heavy (non-hydrogen) atoms. The van der Waals surface area contributed by atoms with Crippen molar-refractivity contribution in [1.82, 2.24) is 14.7 Å². The van der Waals surface area contributed by atoms with E-state index >= 15 is 0 Å². The van der Waals surface area contributed by atoms with Gasteiger partial charge in [0.1, 0.15) is 11.2 Å². The van der Waals surface area contributed by atoms with Crippen LogP contribution in [0.15, 0.2) is 12.3 Å². The van der Waals surface area contributed by atoms with Gasteiger partial charge in [-0.15, -0.1) is 0 Å². The summed E-state index contributed by atoms with van der Waals surface area (Å²) in [7, 11) is 1.69. The van der Waals surface area contributed by atoms with Crippen molar-refractivity contribution < 1.29 is 14.7 Å². The van der Waals surface area contributed by atoms with Gasteiger partial charge in [0.25, 0.3) is 5.91 Å². The van der Waals surface area contributed by atoms with Gasteiger partial charge in [0.2, 0.25) is 0 Å². The van der Waals surface area contributed by atoms with Crippen LogP contribution in [-0.4, -0.2) is 43.7 Å². The molecule has 1 aliphatic rings. The topological polar surface area (TPSA) is 75.4 Å². The maximum absolute atomic E-state index is 12.5. The van der Waals surface area contributed by atoms with E-state index in [2.05, 4.69) is 5.10 Å².